The second-order valence-corrected chi connectivity index (χ2v) is 2.83. The summed E-state index contributed by atoms with van der Waals surface area (Å²) in [5.74, 6) is -0.936. The molecule has 1 amide bonds. The molecule has 0 fully saturated rings. The van der Waals surface area contributed by atoms with Gasteiger partial charge in [-0.1, -0.05) is 0 Å². The summed E-state index contributed by atoms with van der Waals surface area (Å²) < 4.78 is 1.21. The van der Waals surface area contributed by atoms with E-state index >= 15 is 0 Å². The fourth-order valence-corrected chi connectivity index (χ4v) is 1.05. The number of hydrogen-bond donors (Lipinski definition) is 3. The number of nitriles is 1. The van der Waals surface area contributed by atoms with Gasteiger partial charge in [0.25, 0.3) is 0 Å². The molecule has 1 aromatic heterocycles. The quantitative estimate of drug-likeness (QED) is 0.593. The fraction of sp³-hybridized carbons (Fsp3) is 0.250. The van der Waals surface area contributed by atoms with Crippen molar-refractivity contribution in [2.45, 2.75) is 12.8 Å². The highest BCUT2D eigenvalue weighted by Crippen LogP contribution is 2.17. The third-order valence-electron chi connectivity index (χ3n) is 1.71. The first-order valence-electron chi connectivity index (χ1n) is 4.10. The Bertz CT molecular complexity index is 429. The SMILES string of the molecule is CC(=O)Nn1cnc(C(C#N)C=N)c1N. The van der Waals surface area contributed by atoms with Gasteiger partial charge in [-0.15, -0.1) is 0 Å². The minimum absolute atomic E-state index is 0.153. The van der Waals surface area contributed by atoms with Crippen LogP contribution in [0.25, 0.3) is 0 Å². The van der Waals surface area contributed by atoms with E-state index < -0.39 is 5.92 Å². The second-order valence-electron chi connectivity index (χ2n) is 2.83. The molecule has 15 heavy (non-hydrogen) atoms. The molecule has 4 N–H and O–H groups in total. The number of amides is 1. The van der Waals surface area contributed by atoms with Gasteiger partial charge in [0.15, 0.2) is 0 Å². The Hall–Kier alpha value is -2.36. The van der Waals surface area contributed by atoms with Crippen LogP contribution in [0.1, 0.15) is 18.5 Å². The number of nitrogen functional groups attached to an aromatic ring is 1. The molecule has 0 bridgehead atoms. The molecule has 1 atom stereocenters. The van der Waals surface area contributed by atoms with Crippen LogP contribution < -0.4 is 11.2 Å². The number of imidazole rings is 1. The van der Waals surface area contributed by atoms with Gasteiger partial charge >= 0.3 is 0 Å². The molecular weight excluding hydrogens is 196 g/mol. The van der Waals surface area contributed by atoms with Gasteiger partial charge in [0, 0.05) is 13.1 Å². The van der Waals surface area contributed by atoms with Gasteiger partial charge in [0.2, 0.25) is 5.91 Å². The number of nitrogens with zero attached hydrogens (tertiary/aromatic N) is 3. The lowest BCUT2D eigenvalue weighted by Crippen LogP contribution is -2.21. The highest BCUT2D eigenvalue weighted by molar-refractivity contribution is 5.81. The van der Waals surface area contributed by atoms with Gasteiger partial charge in [0.05, 0.1) is 6.07 Å². The van der Waals surface area contributed by atoms with Crippen LogP contribution in [0.5, 0.6) is 0 Å². The molecule has 0 aliphatic rings. The molecule has 7 nitrogen and oxygen atoms in total. The molecule has 7 heteroatoms. The van der Waals surface area contributed by atoms with Gasteiger partial charge < -0.3 is 11.1 Å². The molecule has 1 unspecified atom stereocenters. The number of rotatable bonds is 3. The van der Waals surface area contributed by atoms with Crippen LogP contribution in [0.4, 0.5) is 5.82 Å². The van der Waals surface area contributed by atoms with E-state index in [1.54, 1.807) is 0 Å². The highest BCUT2D eigenvalue weighted by atomic mass is 16.2. The van der Waals surface area contributed by atoms with E-state index in [0.717, 1.165) is 6.21 Å². The van der Waals surface area contributed by atoms with Crippen molar-refractivity contribution in [1.29, 1.82) is 10.7 Å². The van der Waals surface area contributed by atoms with Crippen LogP contribution >= 0.6 is 0 Å². The van der Waals surface area contributed by atoms with Crippen LogP contribution in [0.3, 0.4) is 0 Å². The summed E-state index contributed by atoms with van der Waals surface area (Å²) >= 11 is 0. The van der Waals surface area contributed by atoms with Gasteiger partial charge in [0.1, 0.15) is 23.8 Å². The zero-order valence-electron chi connectivity index (χ0n) is 8.06. The number of carbonyl (C=O) groups excluding carboxylic acids is 1. The first-order valence-corrected chi connectivity index (χ1v) is 4.10. The summed E-state index contributed by atoms with van der Waals surface area (Å²) in [6, 6.07) is 1.86. The van der Waals surface area contributed by atoms with Gasteiger partial charge in [-0.3, -0.25) is 10.2 Å². The summed E-state index contributed by atoms with van der Waals surface area (Å²) in [4.78, 5) is 14.6. The van der Waals surface area contributed by atoms with Crippen LogP contribution in [0, 0.1) is 16.7 Å². The van der Waals surface area contributed by atoms with Crippen molar-refractivity contribution in [3.8, 4) is 6.07 Å². The third kappa shape index (κ3) is 2.11. The molecule has 0 aliphatic heterocycles. The van der Waals surface area contributed by atoms with Crippen LogP contribution in [-0.4, -0.2) is 21.8 Å². The standard InChI is InChI=1S/C8H10N6O/c1-5(15)13-14-4-12-7(8(14)11)6(2-9)3-10/h2,4,6,9H,11H2,1H3,(H,13,15). The van der Waals surface area contributed by atoms with Crippen molar-refractivity contribution in [3.63, 3.8) is 0 Å². The molecule has 0 saturated carbocycles. The maximum atomic E-state index is 10.8. The zero-order chi connectivity index (χ0) is 11.4. The lowest BCUT2D eigenvalue weighted by Gasteiger charge is -2.05. The van der Waals surface area contributed by atoms with Crippen molar-refractivity contribution in [2.75, 3.05) is 11.2 Å². The van der Waals surface area contributed by atoms with Crippen molar-refractivity contribution in [3.05, 3.63) is 12.0 Å². The molecule has 1 rings (SSSR count). The second kappa shape index (κ2) is 4.23. The van der Waals surface area contributed by atoms with Gasteiger partial charge in [-0.25, -0.2) is 9.66 Å². The minimum atomic E-state index is -0.792. The summed E-state index contributed by atoms with van der Waals surface area (Å²) in [7, 11) is 0. The Morgan fingerprint density at radius 3 is 3.07 bits per heavy atom. The maximum Gasteiger partial charge on any atom is 0.235 e. The van der Waals surface area contributed by atoms with Gasteiger partial charge in [-0.2, -0.15) is 5.26 Å². The van der Waals surface area contributed by atoms with E-state index in [1.165, 1.54) is 17.9 Å². The van der Waals surface area contributed by atoms with E-state index in [-0.39, 0.29) is 17.4 Å². The third-order valence-corrected chi connectivity index (χ3v) is 1.71. The topological polar surface area (TPSA) is 121 Å². The molecule has 1 heterocycles. The van der Waals surface area contributed by atoms with E-state index in [0.29, 0.717) is 0 Å². The largest absolute Gasteiger partial charge is 0.382 e. The monoisotopic (exact) mass is 206 g/mol. The number of hydrogen-bond acceptors (Lipinski definition) is 5. The lowest BCUT2D eigenvalue weighted by atomic mass is 10.1. The molecule has 0 aliphatic carbocycles. The Morgan fingerprint density at radius 2 is 2.60 bits per heavy atom. The molecular formula is C8H10N6O. The molecule has 78 valence electrons. The average Bonchev–Trinajstić information content (AvgIpc) is 2.51. The Balaban J connectivity index is 3.04. The summed E-state index contributed by atoms with van der Waals surface area (Å²) in [5, 5.41) is 15.7. The van der Waals surface area contributed by atoms with Crippen molar-refractivity contribution in [2.24, 2.45) is 0 Å². The van der Waals surface area contributed by atoms with Crippen LogP contribution in [0.2, 0.25) is 0 Å². The summed E-state index contributed by atoms with van der Waals surface area (Å²) in [5.41, 5.74) is 8.30. The number of carbonyl (C=O) groups is 1. The number of anilines is 1. The van der Waals surface area contributed by atoms with Crippen LogP contribution in [-0.2, 0) is 4.79 Å². The number of aromatic nitrogens is 2. The Labute approximate surface area is 86.0 Å². The van der Waals surface area contributed by atoms with Crippen LogP contribution in [0.15, 0.2) is 6.33 Å². The molecule has 1 aromatic rings. The molecule has 0 spiro atoms. The van der Waals surface area contributed by atoms with E-state index in [4.69, 9.17) is 16.4 Å². The minimum Gasteiger partial charge on any atom is -0.382 e. The summed E-state index contributed by atoms with van der Waals surface area (Å²) in [6.07, 6.45) is 2.23. The van der Waals surface area contributed by atoms with E-state index in [9.17, 15) is 4.79 Å². The number of nitrogens with one attached hydrogen (secondary N) is 2. The molecule has 0 radical (unpaired) electrons. The fourth-order valence-electron chi connectivity index (χ4n) is 1.05. The zero-order valence-corrected chi connectivity index (χ0v) is 8.06. The average molecular weight is 206 g/mol. The van der Waals surface area contributed by atoms with E-state index in [1.807, 2.05) is 6.07 Å². The first kappa shape index (κ1) is 10.7. The molecule has 0 saturated heterocycles. The van der Waals surface area contributed by atoms with Gasteiger partial charge in [-0.05, 0) is 0 Å². The summed E-state index contributed by atoms with van der Waals surface area (Å²) in [6.45, 7) is 1.33. The van der Waals surface area contributed by atoms with Crippen molar-refractivity contribution < 1.29 is 4.79 Å². The maximum absolute atomic E-state index is 10.8. The Kier molecular flexibility index (Phi) is 3.03. The highest BCUT2D eigenvalue weighted by Gasteiger charge is 2.16. The first-order chi connectivity index (χ1) is 7.10. The van der Waals surface area contributed by atoms with Crippen molar-refractivity contribution >= 4 is 17.9 Å². The van der Waals surface area contributed by atoms with E-state index in [2.05, 4.69) is 10.4 Å². The smallest absolute Gasteiger partial charge is 0.235 e. The lowest BCUT2D eigenvalue weighted by molar-refractivity contribution is -0.115. The van der Waals surface area contributed by atoms with Crippen molar-refractivity contribution in [1.82, 2.24) is 9.66 Å². The Morgan fingerprint density at radius 1 is 1.93 bits per heavy atom. The normalized spacial score (nSPS) is 11.5. The predicted octanol–water partition coefficient (Wildman–Crippen LogP) is -0.188. The predicted molar refractivity (Wildman–Crippen MR) is 53.8 cm³/mol. The molecule has 0 aromatic carbocycles. The number of nitrogens with two attached hydrogens (primary N) is 1.